The molecule has 3 aliphatic rings. The van der Waals surface area contributed by atoms with E-state index in [9.17, 15) is 19.5 Å². The molecule has 0 saturated carbocycles. The van der Waals surface area contributed by atoms with Gasteiger partial charge in [-0.3, -0.25) is 14.4 Å². The first-order valence-electron chi connectivity index (χ1n) is 11.9. The first-order chi connectivity index (χ1) is 14.7. The smallest absolute Gasteiger partial charge is 0.245 e. The number of carbonyl (C=O) groups excluding carboxylic acids is 3. The molecule has 0 aromatic carbocycles. The highest BCUT2D eigenvalue weighted by Crippen LogP contribution is 2.65. The summed E-state index contributed by atoms with van der Waals surface area (Å²) < 4.78 is 6.59. The van der Waals surface area contributed by atoms with Crippen molar-refractivity contribution in [1.29, 1.82) is 0 Å². The minimum Gasteiger partial charge on any atom is -0.394 e. The van der Waals surface area contributed by atoms with Crippen LogP contribution in [0.2, 0.25) is 0 Å². The number of nitrogens with one attached hydrogen (secondary N) is 2. The molecule has 3 heterocycles. The van der Waals surface area contributed by atoms with E-state index in [-0.39, 0.29) is 30.2 Å². The maximum atomic E-state index is 13.7. The van der Waals surface area contributed by atoms with E-state index < -0.39 is 35.1 Å². The van der Waals surface area contributed by atoms with Crippen molar-refractivity contribution < 1.29 is 24.2 Å². The summed E-state index contributed by atoms with van der Waals surface area (Å²) in [5, 5.41) is 15.8. The summed E-state index contributed by atoms with van der Waals surface area (Å²) in [7, 11) is 0. The maximum Gasteiger partial charge on any atom is 0.245 e. The molecule has 31 heavy (non-hydrogen) atoms. The lowest BCUT2D eigenvalue weighted by molar-refractivity contribution is -0.150. The molecule has 0 aliphatic carbocycles. The number of ether oxygens (including phenoxy) is 1. The standard InChI is InChI=1S/C23H39N3O5/c1-6-8-9-11-25-20(29)18-23-12-14(3)22(5,31-23)16(19(28)24-10-7-2)17(23)21(30)26(18)15(4)13-27/h14-18,27H,6-13H2,1-5H3,(H,24,28)(H,25,29)/t14?,15-,16+,17+,18?,22-,23?/m1/s1. The number of aliphatic hydroxyl groups is 1. The number of fused-ring (bicyclic) bond motifs is 1. The second-order valence-electron chi connectivity index (χ2n) is 9.77. The first kappa shape index (κ1) is 24.0. The number of likely N-dealkylation sites (tertiary alicyclic amines) is 1. The molecular formula is C23H39N3O5. The third kappa shape index (κ3) is 3.65. The van der Waals surface area contributed by atoms with E-state index in [1.165, 1.54) is 4.90 Å². The van der Waals surface area contributed by atoms with Gasteiger partial charge in [-0.2, -0.15) is 0 Å². The van der Waals surface area contributed by atoms with Crippen LogP contribution in [0.25, 0.3) is 0 Å². The molecule has 0 aromatic heterocycles. The Morgan fingerprint density at radius 1 is 1.19 bits per heavy atom. The van der Waals surface area contributed by atoms with Crippen LogP contribution in [0, 0.1) is 17.8 Å². The van der Waals surface area contributed by atoms with E-state index in [4.69, 9.17) is 4.74 Å². The van der Waals surface area contributed by atoms with E-state index >= 15 is 0 Å². The third-order valence-corrected chi connectivity index (χ3v) is 7.65. The summed E-state index contributed by atoms with van der Waals surface area (Å²) in [4.78, 5) is 41.7. The molecule has 176 valence electrons. The zero-order valence-electron chi connectivity index (χ0n) is 19.6. The fourth-order valence-electron chi connectivity index (χ4n) is 5.98. The third-order valence-electron chi connectivity index (χ3n) is 7.65. The highest BCUT2D eigenvalue weighted by atomic mass is 16.5. The average molecular weight is 438 g/mol. The molecule has 3 saturated heterocycles. The molecule has 3 rings (SSSR count). The van der Waals surface area contributed by atoms with Gasteiger partial charge in [0.15, 0.2) is 0 Å². The van der Waals surface area contributed by atoms with Crippen LogP contribution in [-0.2, 0) is 19.1 Å². The summed E-state index contributed by atoms with van der Waals surface area (Å²) in [5.41, 5.74) is -1.84. The summed E-state index contributed by atoms with van der Waals surface area (Å²) in [6, 6.07) is -1.38. The Morgan fingerprint density at radius 2 is 1.87 bits per heavy atom. The summed E-state index contributed by atoms with van der Waals surface area (Å²) in [6.45, 7) is 10.6. The van der Waals surface area contributed by atoms with Gasteiger partial charge in [0.25, 0.3) is 0 Å². The van der Waals surface area contributed by atoms with E-state index in [0.717, 1.165) is 25.7 Å². The minimum absolute atomic E-state index is 0.0219. The predicted molar refractivity (Wildman–Crippen MR) is 116 cm³/mol. The van der Waals surface area contributed by atoms with Crippen LogP contribution in [-0.4, -0.2) is 70.7 Å². The van der Waals surface area contributed by atoms with Crippen molar-refractivity contribution >= 4 is 17.7 Å². The Bertz CT molecular complexity index is 715. The molecular weight excluding hydrogens is 398 g/mol. The van der Waals surface area contributed by atoms with Crippen LogP contribution in [0.1, 0.15) is 66.7 Å². The second kappa shape index (κ2) is 9.06. The lowest BCUT2D eigenvalue weighted by Crippen LogP contribution is -2.57. The van der Waals surface area contributed by atoms with Crippen LogP contribution in [0.5, 0.6) is 0 Å². The predicted octanol–water partition coefficient (Wildman–Crippen LogP) is 1.21. The molecule has 3 fully saturated rings. The van der Waals surface area contributed by atoms with Crippen molar-refractivity contribution in [3.8, 4) is 0 Å². The van der Waals surface area contributed by atoms with Crippen molar-refractivity contribution in [3.63, 3.8) is 0 Å². The molecule has 3 N–H and O–H groups in total. The highest BCUT2D eigenvalue weighted by Gasteiger charge is 2.80. The largest absolute Gasteiger partial charge is 0.394 e. The normalized spacial score (nSPS) is 37.1. The number of rotatable bonds is 10. The van der Waals surface area contributed by atoms with Crippen LogP contribution >= 0.6 is 0 Å². The SMILES string of the molecule is CCCCCNC(=O)C1N([C@H](C)CO)C(=O)[C@@H]2[C@@H](C(=O)NCCC)[C@]3(C)OC12CC3C. The van der Waals surface area contributed by atoms with Crippen LogP contribution < -0.4 is 10.6 Å². The Morgan fingerprint density at radius 3 is 2.48 bits per heavy atom. The number of carbonyl (C=O) groups is 3. The topological polar surface area (TPSA) is 108 Å². The van der Waals surface area contributed by atoms with Crippen LogP contribution in [0.4, 0.5) is 0 Å². The van der Waals surface area contributed by atoms with E-state index in [2.05, 4.69) is 17.6 Å². The van der Waals surface area contributed by atoms with Crippen molar-refractivity contribution in [2.45, 2.75) is 90.0 Å². The van der Waals surface area contributed by atoms with E-state index in [0.29, 0.717) is 19.5 Å². The van der Waals surface area contributed by atoms with Crippen LogP contribution in [0.15, 0.2) is 0 Å². The zero-order valence-corrected chi connectivity index (χ0v) is 19.6. The van der Waals surface area contributed by atoms with Gasteiger partial charge in [0.2, 0.25) is 17.7 Å². The van der Waals surface area contributed by atoms with Gasteiger partial charge < -0.3 is 25.4 Å². The van der Waals surface area contributed by atoms with Crippen molar-refractivity contribution in [2.75, 3.05) is 19.7 Å². The molecule has 3 amide bonds. The van der Waals surface area contributed by atoms with Crippen molar-refractivity contribution in [1.82, 2.24) is 15.5 Å². The van der Waals surface area contributed by atoms with Crippen molar-refractivity contribution in [2.24, 2.45) is 17.8 Å². The van der Waals surface area contributed by atoms with Gasteiger partial charge in [0, 0.05) is 13.1 Å². The number of hydrogen-bond acceptors (Lipinski definition) is 5. The Balaban J connectivity index is 1.98. The summed E-state index contributed by atoms with van der Waals surface area (Å²) >= 11 is 0. The van der Waals surface area contributed by atoms with Gasteiger partial charge in [-0.15, -0.1) is 0 Å². The lowest BCUT2D eigenvalue weighted by atomic mass is 9.62. The molecule has 8 heteroatoms. The van der Waals surface area contributed by atoms with Gasteiger partial charge in [-0.05, 0) is 39.0 Å². The monoisotopic (exact) mass is 437 g/mol. The maximum absolute atomic E-state index is 13.7. The lowest BCUT2D eigenvalue weighted by Gasteiger charge is -2.36. The number of hydrogen-bond donors (Lipinski definition) is 3. The fourth-order valence-corrected chi connectivity index (χ4v) is 5.98. The number of unbranched alkanes of at least 4 members (excludes halogenated alkanes) is 2. The van der Waals surface area contributed by atoms with Gasteiger partial charge in [-0.25, -0.2) is 0 Å². The Kier molecular flexibility index (Phi) is 7.01. The average Bonchev–Trinajstić information content (AvgIpc) is 3.25. The molecule has 8 nitrogen and oxygen atoms in total. The molecule has 7 atom stereocenters. The van der Waals surface area contributed by atoms with Gasteiger partial charge >= 0.3 is 0 Å². The Hall–Kier alpha value is -1.67. The fraction of sp³-hybridized carbons (Fsp3) is 0.870. The van der Waals surface area contributed by atoms with E-state index in [1.54, 1.807) is 6.92 Å². The molecule has 0 aromatic rings. The number of nitrogens with zero attached hydrogens (tertiary/aromatic N) is 1. The highest BCUT2D eigenvalue weighted by molar-refractivity contribution is 5.99. The van der Waals surface area contributed by atoms with E-state index in [1.807, 2.05) is 20.8 Å². The second-order valence-corrected chi connectivity index (χ2v) is 9.77. The van der Waals surface area contributed by atoms with Gasteiger partial charge in [-0.1, -0.05) is 33.6 Å². The molecule has 0 radical (unpaired) electrons. The Labute approximate surface area is 185 Å². The van der Waals surface area contributed by atoms with Gasteiger partial charge in [0.05, 0.1) is 30.1 Å². The summed E-state index contributed by atoms with van der Waals surface area (Å²) in [6.07, 6.45) is 4.27. The molecule has 1 spiro atoms. The first-order valence-corrected chi connectivity index (χ1v) is 11.9. The summed E-state index contributed by atoms with van der Waals surface area (Å²) in [5.74, 6) is -2.04. The number of aliphatic hydroxyl groups excluding tert-OH is 1. The van der Waals surface area contributed by atoms with Crippen LogP contribution in [0.3, 0.4) is 0 Å². The van der Waals surface area contributed by atoms with Gasteiger partial charge in [0.1, 0.15) is 11.6 Å². The number of amides is 3. The minimum atomic E-state index is -1.04. The molecule has 3 unspecified atom stereocenters. The molecule has 2 bridgehead atoms. The quantitative estimate of drug-likeness (QED) is 0.445. The zero-order chi connectivity index (χ0) is 23.0. The van der Waals surface area contributed by atoms with Crippen molar-refractivity contribution in [3.05, 3.63) is 0 Å². The molecule has 3 aliphatic heterocycles.